The van der Waals surface area contributed by atoms with Gasteiger partial charge in [0.1, 0.15) is 0 Å². The molecule has 1 rings (SSSR count). The summed E-state index contributed by atoms with van der Waals surface area (Å²) in [7, 11) is 0. The van der Waals surface area contributed by atoms with E-state index < -0.39 is 0 Å². The summed E-state index contributed by atoms with van der Waals surface area (Å²) in [5.74, 6) is 0. The second kappa shape index (κ2) is 3.66. The van der Waals surface area contributed by atoms with Crippen LogP contribution < -0.4 is 0 Å². The van der Waals surface area contributed by atoms with Gasteiger partial charge < -0.3 is 0 Å². The van der Waals surface area contributed by atoms with Crippen LogP contribution in [0.2, 0.25) is 0 Å². The van der Waals surface area contributed by atoms with E-state index in [0.717, 1.165) is 0 Å². The molecular weight excluding hydrogens is 174 g/mol. The highest BCUT2D eigenvalue weighted by Crippen LogP contribution is 2.96. The largest absolute Gasteiger partial charge is 0.0836 e. The van der Waals surface area contributed by atoms with E-state index in [-0.39, 0.29) is 0 Å². The third-order valence-electron chi connectivity index (χ3n) is 0.881. The van der Waals surface area contributed by atoms with Crippen LogP contribution in [-0.4, -0.2) is 12.3 Å². The molecule has 0 unspecified atom stereocenters. The average Bonchev–Trinajstić information content (AvgIpc) is 1.65. The molecule has 0 radical (unpaired) electrons. The van der Waals surface area contributed by atoms with E-state index in [1.54, 1.807) is 0 Å². The van der Waals surface area contributed by atoms with Gasteiger partial charge in [-0.1, -0.05) is 35.9 Å². The molecule has 0 aromatic heterocycles. The topological polar surface area (TPSA) is 0 Å². The highest BCUT2D eigenvalue weighted by atomic mass is 33.6. The van der Waals surface area contributed by atoms with Crippen LogP contribution in [0.1, 0.15) is 13.8 Å². The predicted octanol–water partition coefficient (Wildman–Crippen LogP) is 4.13. The van der Waals surface area contributed by atoms with Gasteiger partial charge in [-0.2, -0.15) is 0 Å². The quantitative estimate of drug-likeness (QED) is 0.592. The van der Waals surface area contributed by atoms with Crippen LogP contribution in [-0.2, 0) is 0 Å². The molecule has 0 spiro atoms. The van der Waals surface area contributed by atoms with Crippen molar-refractivity contribution in [2.45, 2.75) is 13.8 Å². The Hall–Kier alpha value is 1.56. The molecule has 0 bridgehead atoms. The molecule has 8 heavy (non-hydrogen) atoms. The lowest BCUT2D eigenvalue weighted by atomic mass is 11.0. The molecule has 0 aromatic rings. The lowest BCUT2D eigenvalue weighted by molar-refractivity contribution is 1.52. The Bertz CT molecular complexity index is 64.4. The van der Waals surface area contributed by atoms with Gasteiger partial charge in [-0.15, -0.1) is 0 Å². The van der Waals surface area contributed by atoms with Crippen molar-refractivity contribution in [3.8, 4) is 0 Å². The molecule has 0 aliphatic carbocycles. The molecule has 0 aromatic carbocycles. The Kier molecular flexibility index (Phi) is 3.51. The van der Waals surface area contributed by atoms with Gasteiger partial charge in [-0.25, -0.2) is 0 Å². The van der Waals surface area contributed by atoms with Crippen LogP contribution in [0.5, 0.6) is 0 Å². The van der Waals surface area contributed by atoms with Gasteiger partial charge in [0.05, 0.1) is 0 Å². The summed E-state index contributed by atoms with van der Waals surface area (Å²) in [5.41, 5.74) is 0. The fourth-order valence-corrected chi connectivity index (χ4v) is 18.8. The zero-order chi connectivity index (χ0) is 5.98. The molecule has 0 atom stereocenters. The third-order valence-corrected chi connectivity index (χ3v) is 21.7. The standard InChI is InChI=1S/C4H10P2S2/c1-3-5-7-6(4-2)8-5/h3-4H2,1-2H3. The van der Waals surface area contributed by atoms with Crippen LogP contribution in [0.3, 0.4) is 0 Å². The highest BCUT2D eigenvalue weighted by Gasteiger charge is 2.27. The number of hydrogen-bond donors (Lipinski definition) is 0. The van der Waals surface area contributed by atoms with Crippen LogP contribution in [0.15, 0.2) is 0 Å². The summed E-state index contributed by atoms with van der Waals surface area (Å²) in [6, 6.07) is 0. The SMILES string of the molecule is CCP1SP(CC)S1. The minimum atomic E-state index is 0.421. The van der Waals surface area contributed by atoms with Crippen molar-refractivity contribution in [2.24, 2.45) is 0 Å². The first kappa shape index (κ1) is 7.66. The summed E-state index contributed by atoms with van der Waals surface area (Å²) in [4.78, 5) is 0. The summed E-state index contributed by atoms with van der Waals surface area (Å²) < 4.78 is 0. The lowest BCUT2D eigenvalue weighted by Gasteiger charge is -2.31. The average molecular weight is 184 g/mol. The van der Waals surface area contributed by atoms with Gasteiger partial charge >= 0.3 is 0 Å². The Morgan fingerprint density at radius 1 is 1.00 bits per heavy atom. The van der Waals surface area contributed by atoms with Gasteiger partial charge in [-0.3, -0.25) is 0 Å². The van der Waals surface area contributed by atoms with E-state index in [4.69, 9.17) is 0 Å². The zero-order valence-electron chi connectivity index (χ0n) is 5.13. The fourth-order valence-electron chi connectivity index (χ4n) is 0.440. The van der Waals surface area contributed by atoms with Crippen molar-refractivity contribution >= 4 is 34.7 Å². The van der Waals surface area contributed by atoms with Crippen molar-refractivity contribution in [1.29, 1.82) is 0 Å². The van der Waals surface area contributed by atoms with Crippen molar-refractivity contribution in [3.63, 3.8) is 0 Å². The molecular formula is C4H10P2S2. The first-order valence-corrected chi connectivity index (χ1v) is 9.88. The zero-order valence-corrected chi connectivity index (χ0v) is 8.55. The normalized spacial score (nSPS) is 36.8. The smallest absolute Gasteiger partial charge is 0.0234 e. The molecule has 0 amide bonds. The van der Waals surface area contributed by atoms with Crippen LogP contribution in [0.4, 0.5) is 0 Å². The molecule has 1 heterocycles. The second-order valence-corrected chi connectivity index (χ2v) is 15.0. The van der Waals surface area contributed by atoms with Gasteiger partial charge in [0.15, 0.2) is 0 Å². The molecule has 0 saturated carbocycles. The van der Waals surface area contributed by atoms with Gasteiger partial charge in [0.2, 0.25) is 0 Å². The third kappa shape index (κ3) is 1.77. The van der Waals surface area contributed by atoms with Gasteiger partial charge in [0.25, 0.3) is 0 Å². The molecule has 0 nitrogen and oxygen atoms in total. The molecule has 1 fully saturated rings. The maximum Gasteiger partial charge on any atom is 0.0234 e. The second-order valence-electron chi connectivity index (χ2n) is 1.46. The molecule has 4 heteroatoms. The van der Waals surface area contributed by atoms with Crippen LogP contribution in [0.25, 0.3) is 0 Å². The summed E-state index contributed by atoms with van der Waals surface area (Å²) >= 11 is 4.53. The van der Waals surface area contributed by atoms with Gasteiger partial charge in [0, 0.05) is 12.7 Å². The summed E-state index contributed by atoms with van der Waals surface area (Å²) in [6.45, 7) is 4.60. The molecule has 1 aliphatic heterocycles. The first-order valence-electron chi connectivity index (χ1n) is 2.78. The molecule has 48 valence electrons. The Morgan fingerprint density at radius 2 is 1.38 bits per heavy atom. The van der Waals surface area contributed by atoms with E-state index in [1.165, 1.54) is 12.3 Å². The molecule has 0 N–H and O–H groups in total. The van der Waals surface area contributed by atoms with Gasteiger partial charge in [-0.05, 0) is 12.3 Å². The Morgan fingerprint density at radius 3 is 1.62 bits per heavy atom. The first-order chi connectivity index (χ1) is 3.86. The van der Waals surface area contributed by atoms with Crippen LogP contribution >= 0.6 is 34.7 Å². The van der Waals surface area contributed by atoms with Crippen molar-refractivity contribution in [2.75, 3.05) is 12.3 Å². The maximum absolute atomic E-state index is 2.30. The minimum absolute atomic E-state index is 0.421. The van der Waals surface area contributed by atoms with Crippen molar-refractivity contribution < 1.29 is 0 Å². The van der Waals surface area contributed by atoms with Crippen LogP contribution in [0, 0.1) is 0 Å². The van der Waals surface area contributed by atoms with E-state index in [1.807, 2.05) is 0 Å². The minimum Gasteiger partial charge on any atom is -0.0836 e. The lowest BCUT2D eigenvalue weighted by Crippen LogP contribution is -1.76. The Balaban J connectivity index is 2.03. The van der Waals surface area contributed by atoms with E-state index in [9.17, 15) is 0 Å². The maximum atomic E-state index is 2.30. The van der Waals surface area contributed by atoms with E-state index >= 15 is 0 Å². The number of rotatable bonds is 2. The number of hydrogen-bond acceptors (Lipinski definition) is 2. The predicted molar refractivity (Wildman–Crippen MR) is 50.1 cm³/mol. The molecule has 1 aliphatic rings. The monoisotopic (exact) mass is 184 g/mol. The van der Waals surface area contributed by atoms with E-state index in [0.29, 0.717) is 12.7 Å². The fraction of sp³-hybridized carbons (Fsp3) is 1.00. The Labute approximate surface area is 61.1 Å². The van der Waals surface area contributed by atoms with E-state index in [2.05, 4.69) is 35.9 Å². The molecule has 1 saturated heterocycles. The summed E-state index contributed by atoms with van der Waals surface area (Å²) in [6.07, 6.45) is 3.68. The van der Waals surface area contributed by atoms with Crippen molar-refractivity contribution in [1.82, 2.24) is 0 Å². The van der Waals surface area contributed by atoms with Crippen molar-refractivity contribution in [3.05, 3.63) is 0 Å². The summed E-state index contributed by atoms with van der Waals surface area (Å²) in [5, 5.41) is 0. The highest BCUT2D eigenvalue weighted by molar-refractivity contribution is 9.35.